The van der Waals surface area contributed by atoms with E-state index >= 15 is 0 Å². The summed E-state index contributed by atoms with van der Waals surface area (Å²) < 4.78 is 19.7. The summed E-state index contributed by atoms with van der Waals surface area (Å²) >= 11 is 5.88. The molecule has 3 rings (SSSR count). The van der Waals surface area contributed by atoms with Gasteiger partial charge in [0.25, 0.3) is 0 Å². The molecule has 0 bridgehead atoms. The van der Waals surface area contributed by atoms with Crippen molar-refractivity contribution in [2.24, 2.45) is 0 Å². The van der Waals surface area contributed by atoms with E-state index in [1.807, 2.05) is 0 Å². The van der Waals surface area contributed by atoms with Crippen LogP contribution in [0.2, 0.25) is 5.02 Å². The molecule has 5 heteroatoms. The van der Waals surface area contributed by atoms with Crippen LogP contribution in [-0.4, -0.2) is 11.1 Å². The fourth-order valence-electron chi connectivity index (χ4n) is 2.03. The Kier molecular flexibility index (Phi) is 2.95. The molecule has 0 fully saturated rings. The molecule has 1 N–H and O–H groups in total. The zero-order valence-corrected chi connectivity index (χ0v) is 10.8. The van der Waals surface area contributed by atoms with Crippen molar-refractivity contribution in [2.45, 2.75) is 0 Å². The first-order valence-corrected chi connectivity index (χ1v) is 6.15. The Labute approximate surface area is 118 Å². The molecule has 0 unspecified atom stereocenters. The number of furan rings is 1. The van der Waals surface area contributed by atoms with Crippen LogP contribution in [0.15, 0.2) is 46.9 Å². The third-order valence-electron chi connectivity index (χ3n) is 2.97. The fourth-order valence-corrected chi connectivity index (χ4v) is 2.21. The maximum Gasteiger partial charge on any atom is 0.338 e. The second kappa shape index (κ2) is 4.65. The van der Waals surface area contributed by atoms with Gasteiger partial charge in [-0.15, -0.1) is 0 Å². The topological polar surface area (TPSA) is 50.4 Å². The van der Waals surface area contributed by atoms with Crippen molar-refractivity contribution in [2.75, 3.05) is 0 Å². The summed E-state index contributed by atoms with van der Waals surface area (Å²) in [5.41, 5.74) is 0.280. The van der Waals surface area contributed by atoms with E-state index in [9.17, 15) is 9.18 Å². The molecule has 0 saturated heterocycles. The van der Waals surface area contributed by atoms with E-state index in [0.717, 1.165) is 5.39 Å². The first-order chi connectivity index (χ1) is 9.56. The summed E-state index contributed by atoms with van der Waals surface area (Å²) in [6, 6.07) is 10.8. The van der Waals surface area contributed by atoms with Gasteiger partial charge in [0.05, 0.1) is 11.1 Å². The Bertz CT molecular complexity index is 823. The van der Waals surface area contributed by atoms with E-state index < -0.39 is 11.8 Å². The van der Waals surface area contributed by atoms with E-state index in [1.165, 1.54) is 18.2 Å². The maximum absolute atomic E-state index is 14.1. The molecular formula is C15H8ClFO3. The predicted octanol–water partition coefficient (Wildman–Crippen LogP) is 4.59. The molecule has 3 nitrogen and oxygen atoms in total. The van der Waals surface area contributed by atoms with E-state index in [0.29, 0.717) is 10.6 Å². The van der Waals surface area contributed by atoms with Crippen molar-refractivity contribution in [3.63, 3.8) is 0 Å². The molecule has 0 aliphatic heterocycles. The normalized spacial score (nSPS) is 10.9. The zero-order chi connectivity index (χ0) is 14.3. The van der Waals surface area contributed by atoms with Crippen molar-refractivity contribution < 1.29 is 18.7 Å². The number of fused-ring (bicyclic) bond motifs is 1. The van der Waals surface area contributed by atoms with E-state index in [4.69, 9.17) is 21.1 Å². The molecule has 20 heavy (non-hydrogen) atoms. The molecule has 0 spiro atoms. The van der Waals surface area contributed by atoms with Gasteiger partial charge in [-0.25, -0.2) is 9.18 Å². The van der Waals surface area contributed by atoms with Gasteiger partial charge in [0, 0.05) is 10.4 Å². The second-order valence-electron chi connectivity index (χ2n) is 4.27. The van der Waals surface area contributed by atoms with Crippen molar-refractivity contribution in [1.82, 2.24) is 0 Å². The van der Waals surface area contributed by atoms with Gasteiger partial charge in [-0.1, -0.05) is 17.7 Å². The smallest absolute Gasteiger partial charge is 0.338 e. The molecule has 0 saturated carbocycles. The molecule has 3 aromatic rings. The first-order valence-electron chi connectivity index (χ1n) is 5.77. The summed E-state index contributed by atoms with van der Waals surface area (Å²) in [4.78, 5) is 10.9. The highest BCUT2D eigenvalue weighted by Gasteiger charge is 2.17. The molecule has 1 aromatic heterocycles. The zero-order valence-electron chi connectivity index (χ0n) is 10.1. The van der Waals surface area contributed by atoms with Gasteiger partial charge in [-0.3, -0.25) is 0 Å². The molecule has 0 radical (unpaired) electrons. The minimum atomic E-state index is -1.32. The Balaban J connectivity index is 2.20. The maximum atomic E-state index is 14.1. The van der Waals surface area contributed by atoms with Crippen LogP contribution in [0.5, 0.6) is 0 Å². The number of benzene rings is 2. The number of carboxylic acid groups (broad SMARTS) is 1. The summed E-state index contributed by atoms with van der Waals surface area (Å²) in [7, 11) is 0. The minimum absolute atomic E-state index is 0.109. The highest BCUT2D eigenvalue weighted by molar-refractivity contribution is 6.31. The third-order valence-corrected chi connectivity index (χ3v) is 3.21. The summed E-state index contributed by atoms with van der Waals surface area (Å²) in [6.45, 7) is 0. The highest BCUT2D eigenvalue weighted by Crippen LogP contribution is 2.31. The fraction of sp³-hybridized carbons (Fsp3) is 0. The molecule has 0 aliphatic carbocycles. The number of hydrogen-bond acceptors (Lipinski definition) is 2. The minimum Gasteiger partial charge on any atom is -0.478 e. The number of aromatic carboxylic acids is 1. The highest BCUT2D eigenvalue weighted by atomic mass is 35.5. The summed E-state index contributed by atoms with van der Waals surface area (Å²) in [5.74, 6) is -1.86. The SMILES string of the molecule is O=C(O)c1cccc(-c2cc3cc(Cl)ccc3o2)c1F. The summed E-state index contributed by atoms with van der Waals surface area (Å²) in [5, 5.41) is 10.2. The van der Waals surface area contributed by atoms with Crippen LogP contribution in [-0.2, 0) is 0 Å². The largest absolute Gasteiger partial charge is 0.478 e. The van der Waals surface area contributed by atoms with Gasteiger partial charge < -0.3 is 9.52 Å². The second-order valence-corrected chi connectivity index (χ2v) is 4.70. The lowest BCUT2D eigenvalue weighted by molar-refractivity contribution is 0.0692. The van der Waals surface area contributed by atoms with Crippen LogP contribution in [0.25, 0.3) is 22.3 Å². The van der Waals surface area contributed by atoms with Crippen molar-refractivity contribution in [3.8, 4) is 11.3 Å². The monoisotopic (exact) mass is 290 g/mol. The van der Waals surface area contributed by atoms with Crippen LogP contribution < -0.4 is 0 Å². The van der Waals surface area contributed by atoms with Crippen LogP contribution in [0.4, 0.5) is 4.39 Å². The quantitative estimate of drug-likeness (QED) is 0.751. The Morgan fingerprint density at radius 1 is 1.20 bits per heavy atom. The van der Waals surface area contributed by atoms with Gasteiger partial charge in [0.15, 0.2) is 0 Å². The Hall–Kier alpha value is -2.33. The van der Waals surface area contributed by atoms with Crippen LogP contribution in [0.1, 0.15) is 10.4 Å². The van der Waals surface area contributed by atoms with E-state index in [1.54, 1.807) is 24.3 Å². The molecule has 0 atom stereocenters. The van der Waals surface area contributed by atoms with E-state index in [-0.39, 0.29) is 16.9 Å². The number of rotatable bonds is 2. The lowest BCUT2D eigenvalue weighted by Gasteiger charge is -2.02. The van der Waals surface area contributed by atoms with Gasteiger partial charge in [-0.2, -0.15) is 0 Å². The lowest BCUT2D eigenvalue weighted by Crippen LogP contribution is -2.01. The van der Waals surface area contributed by atoms with Gasteiger partial charge in [0.2, 0.25) is 0 Å². The Morgan fingerprint density at radius 2 is 2.00 bits per heavy atom. The number of carbonyl (C=O) groups is 1. The number of halogens is 2. The third kappa shape index (κ3) is 2.04. The molecule has 0 amide bonds. The van der Waals surface area contributed by atoms with Crippen LogP contribution >= 0.6 is 11.6 Å². The average molecular weight is 291 g/mol. The average Bonchev–Trinajstić information content (AvgIpc) is 2.81. The molecule has 100 valence electrons. The molecule has 2 aromatic carbocycles. The van der Waals surface area contributed by atoms with Gasteiger partial charge in [-0.05, 0) is 36.4 Å². The van der Waals surface area contributed by atoms with E-state index in [2.05, 4.69) is 0 Å². The van der Waals surface area contributed by atoms with Crippen molar-refractivity contribution in [1.29, 1.82) is 0 Å². The van der Waals surface area contributed by atoms with Gasteiger partial charge in [0.1, 0.15) is 17.2 Å². The van der Waals surface area contributed by atoms with Gasteiger partial charge >= 0.3 is 5.97 Å². The molecule has 1 heterocycles. The van der Waals surface area contributed by atoms with Crippen LogP contribution in [0.3, 0.4) is 0 Å². The Morgan fingerprint density at radius 3 is 2.75 bits per heavy atom. The number of hydrogen-bond donors (Lipinski definition) is 1. The van der Waals surface area contributed by atoms with Crippen molar-refractivity contribution >= 4 is 28.5 Å². The summed E-state index contributed by atoms with van der Waals surface area (Å²) in [6.07, 6.45) is 0. The lowest BCUT2D eigenvalue weighted by atomic mass is 10.1. The molecular weight excluding hydrogens is 283 g/mol. The predicted molar refractivity (Wildman–Crippen MR) is 73.6 cm³/mol. The molecule has 0 aliphatic rings. The number of carboxylic acids is 1. The van der Waals surface area contributed by atoms with Crippen LogP contribution in [0, 0.1) is 5.82 Å². The van der Waals surface area contributed by atoms with Crippen molar-refractivity contribution in [3.05, 3.63) is 58.9 Å². The standard InChI is InChI=1S/C15H8ClFO3/c16-9-4-5-12-8(6-9)7-13(20-12)10-2-1-3-11(14(10)17)15(18)19/h1-7H,(H,18,19). The first kappa shape index (κ1) is 12.7.